The number of nitrogens with zero attached hydrogens (tertiary/aromatic N) is 3. The van der Waals surface area contributed by atoms with Gasteiger partial charge in [-0.3, -0.25) is 4.79 Å². The first-order valence-corrected chi connectivity index (χ1v) is 9.07. The molecule has 3 rings (SSSR count). The van der Waals surface area contributed by atoms with Crippen molar-refractivity contribution in [3.05, 3.63) is 53.9 Å². The van der Waals surface area contributed by atoms with Crippen LogP contribution in [0.25, 0.3) is 11.4 Å². The number of hydrogen-bond acceptors (Lipinski definition) is 7. The highest BCUT2D eigenvalue weighted by molar-refractivity contribution is 5.95. The lowest BCUT2D eigenvalue weighted by Gasteiger charge is -2.19. The van der Waals surface area contributed by atoms with Crippen LogP contribution >= 0.6 is 0 Å². The fourth-order valence-electron chi connectivity index (χ4n) is 2.78. The Labute approximate surface area is 169 Å². The van der Waals surface area contributed by atoms with Gasteiger partial charge in [-0.15, -0.1) is 0 Å². The van der Waals surface area contributed by atoms with Crippen LogP contribution in [0.2, 0.25) is 0 Å². The van der Waals surface area contributed by atoms with E-state index in [1.807, 2.05) is 31.2 Å². The molecule has 1 aromatic heterocycles. The van der Waals surface area contributed by atoms with E-state index < -0.39 is 0 Å². The monoisotopic (exact) mass is 397 g/mol. The molecule has 0 unspecified atom stereocenters. The van der Waals surface area contributed by atoms with Crippen molar-refractivity contribution in [1.82, 2.24) is 15.0 Å². The quantitative estimate of drug-likeness (QED) is 0.575. The van der Waals surface area contributed by atoms with Gasteiger partial charge in [0.1, 0.15) is 23.8 Å². The first-order valence-electron chi connectivity index (χ1n) is 9.07. The van der Waals surface area contributed by atoms with Gasteiger partial charge in [-0.05, 0) is 43.3 Å². The van der Waals surface area contributed by atoms with Crippen molar-refractivity contribution >= 4 is 5.91 Å². The topological polar surface area (TPSA) is 86.9 Å². The third-order valence-electron chi connectivity index (χ3n) is 4.41. The average Bonchev–Trinajstić information content (AvgIpc) is 3.25. The number of amides is 1. The van der Waals surface area contributed by atoms with Crippen molar-refractivity contribution in [2.24, 2.45) is 0 Å². The summed E-state index contributed by atoms with van der Waals surface area (Å²) in [5.41, 5.74) is 1.26. The zero-order valence-corrected chi connectivity index (χ0v) is 16.8. The highest BCUT2D eigenvalue weighted by atomic mass is 16.5. The standard InChI is InChI=1S/C21H23N3O5/c1-5-24(21(25)15-10-17(27-3)12-18(11-15)28-4)13-19-22-20(23-29-19)14-6-8-16(26-2)9-7-14/h6-12H,5,13H2,1-4H3. The van der Waals surface area contributed by atoms with E-state index >= 15 is 0 Å². The SMILES string of the molecule is CCN(Cc1nc(-c2ccc(OC)cc2)no1)C(=O)c1cc(OC)cc(OC)c1. The normalized spacial score (nSPS) is 10.5. The van der Waals surface area contributed by atoms with E-state index in [1.54, 1.807) is 44.4 Å². The average molecular weight is 397 g/mol. The molecule has 29 heavy (non-hydrogen) atoms. The highest BCUT2D eigenvalue weighted by Crippen LogP contribution is 2.24. The molecule has 0 saturated heterocycles. The number of rotatable bonds is 8. The van der Waals surface area contributed by atoms with E-state index in [2.05, 4.69) is 10.1 Å². The fourth-order valence-corrected chi connectivity index (χ4v) is 2.78. The van der Waals surface area contributed by atoms with Crippen LogP contribution in [0.3, 0.4) is 0 Å². The highest BCUT2D eigenvalue weighted by Gasteiger charge is 2.20. The Bertz CT molecular complexity index is 946. The number of carbonyl (C=O) groups is 1. The van der Waals surface area contributed by atoms with Gasteiger partial charge in [0.2, 0.25) is 11.7 Å². The summed E-state index contributed by atoms with van der Waals surface area (Å²) < 4.78 is 21.0. The molecule has 0 aliphatic rings. The van der Waals surface area contributed by atoms with Crippen LogP contribution in [0.4, 0.5) is 0 Å². The minimum Gasteiger partial charge on any atom is -0.497 e. The summed E-state index contributed by atoms with van der Waals surface area (Å²) in [7, 11) is 4.69. The second-order valence-electron chi connectivity index (χ2n) is 6.16. The van der Waals surface area contributed by atoms with Gasteiger partial charge < -0.3 is 23.6 Å². The first kappa shape index (κ1) is 20.2. The molecule has 0 aliphatic carbocycles. The zero-order chi connectivity index (χ0) is 20.8. The lowest BCUT2D eigenvalue weighted by Crippen LogP contribution is -2.30. The summed E-state index contributed by atoms with van der Waals surface area (Å²) >= 11 is 0. The predicted molar refractivity (Wildman–Crippen MR) is 106 cm³/mol. The van der Waals surface area contributed by atoms with Gasteiger partial charge in [-0.1, -0.05) is 5.16 Å². The van der Waals surface area contributed by atoms with Gasteiger partial charge in [-0.25, -0.2) is 0 Å². The van der Waals surface area contributed by atoms with Crippen LogP contribution in [-0.4, -0.2) is 48.8 Å². The van der Waals surface area contributed by atoms with Crippen LogP contribution in [0.5, 0.6) is 17.2 Å². The van der Waals surface area contributed by atoms with Gasteiger partial charge in [0.05, 0.1) is 21.3 Å². The van der Waals surface area contributed by atoms with Crippen molar-refractivity contribution in [2.45, 2.75) is 13.5 Å². The van der Waals surface area contributed by atoms with Gasteiger partial charge in [0, 0.05) is 23.7 Å². The van der Waals surface area contributed by atoms with E-state index in [4.69, 9.17) is 18.7 Å². The molecule has 8 nitrogen and oxygen atoms in total. The van der Waals surface area contributed by atoms with Crippen molar-refractivity contribution in [3.8, 4) is 28.6 Å². The number of aromatic nitrogens is 2. The molecule has 3 aromatic rings. The molecule has 0 N–H and O–H groups in total. The molecule has 0 spiro atoms. The van der Waals surface area contributed by atoms with E-state index in [0.29, 0.717) is 35.3 Å². The molecular formula is C21H23N3O5. The molecule has 0 aliphatic heterocycles. The summed E-state index contributed by atoms with van der Waals surface area (Å²) in [5, 5.41) is 4.01. The van der Waals surface area contributed by atoms with E-state index in [9.17, 15) is 4.79 Å². The van der Waals surface area contributed by atoms with E-state index in [1.165, 1.54) is 0 Å². The number of carbonyl (C=O) groups excluding carboxylic acids is 1. The first-order chi connectivity index (χ1) is 14.1. The van der Waals surface area contributed by atoms with Crippen molar-refractivity contribution < 1.29 is 23.5 Å². The van der Waals surface area contributed by atoms with Crippen LogP contribution in [0.15, 0.2) is 47.0 Å². The second-order valence-corrected chi connectivity index (χ2v) is 6.16. The smallest absolute Gasteiger partial charge is 0.254 e. The van der Waals surface area contributed by atoms with Crippen molar-refractivity contribution in [1.29, 1.82) is 0 Å². The number of methoxy groups -OCH3 is 3. The maximum absolute atomic E-state index is 13.0. The molecule has 8 heteroatoms. The summed E-state index contributed by atoms with van der Waals surface area (Å²) in [4.78, 5) is 19.0. The molecule has 152 valence electrons. The Morgan fingerprint density at radius 3 is 2.14 bits per heavy atom. The Balaban J connectivity index is 1.77. The summed E-state index contributed by atoms with van der Waals surface area (Å²) in [6.07, 6.45) is 0. The van der Waals surface area contributed by atoms with Crippen molar-refractivity contribution in [3.63, 3.8) is 0 Å². The van der Waals surface area contributed by atoms with Gasteiger partial charge in [0.15, 0.2) is 0 Å². The van der Waals surface area contributed by atoms with Gasteiger partial charge in [0.25, 0.3) is 5.91 Å². The summed E-state index contributed by atoms with van der Waals surface area (Å²) in [6.45, 7) is 2.55. The Hall–Kier alpha value is -3.55. The van der Waals surface area contributed by atoms with Gasteiger partial charge in [-0.2, -0.15) is 4.98 Å². The molecule has 1 heterocycles. The zero-order valence-electron chi connectivity index (χ0n) is 16.8. The maximum Gasteiger partial charge on any atom is 0.254 e. The van der Waals surface area contributed by atoms with E-state index in [-0.39, 0.29) is 12.5 Å². The molecule has 2 aromatic carbocycles. The van der Waals surface area contributed by atoms with Crippen LogP contribution in [0.1, 0.15) is 23.2 Å². The second kappa shape index (κ2) is 9.09. The third kappa shape index (κ3) is 4.66. The molecule has 1 amide bonds. The minimum absolute atomic E-state index is 0.186. The summed E-state index contributed by atoms with van der Waals surface area (Å²) in [6, 6.07) is 12.4. The molecule has 0 fully saturated rings. The molecule has 0 bridgehead atoms. The Kier molecular flexibility index (Phi) is 6.33. The molecule has 0 saturated carbocycles. The lowest BCUT2D eigenvalue weighted by molar-refractivity contribution is 0.0733. The van der Waals surface area contributed by atoms with Crippen LogP contribution < -0.4 is 14.2 Å². The lowest BCUT2D eigenvalue weighted by atomic mass is 10.1. The molecule has 0 radical (unpaired) electrons. The van der Waals surface area contributed by atoms with E-state index in [0.717, 1.165) is 11.3 Å². The number of hydrogen-bond donors (Lipinski definition) is 0. The molecular weight excluding hydrogens is 374 g/mol. The number of benzene rings is 2. The van der Waals surface area contributed by atoms with Crippen LogP contribution in [0, 0.1) is 0 Å². The third-order valence-corrected chi connectivity index (χ3v) is 4.41. The maximum atomic E-state index is 13.0. The Morgan fingerprint density at radius 1 is 0.966 bits per heavy atom. The predicted octanol–water partition coefficient (Wildman–Crippen LogP) is 3.42. The minimum atomic E-state index is -0.186. The number of ether oxygens (including phenoxy) is 3. The molecule has 0 atom stereocenters. The summed E-state index contributed by atoms with van der Waals surface area (Å²) in [5.74, 6) is 2.45. The van der Waals surface area contributed by atoms with Crippen LogP contribution in [-0.2, 0) is 6.54 Å². The Morgan fingerprint density at radius 2 is 1.59 bits per heavy atom. The van der Waals surface area contributed by atoms with Crippen molar-refractivity contribution in [2.75, 3.05) is 27.9 Å². The fraction of sp³-hybridized carbons (Fsp3) is 0.286. The van der Waals surface area contributed by atoms with Gasteiger partial charge >= 0.3 is 0 Å². The largest absolute Gasteiger partial charge is 0.497 e.